The molecule has 2 heteroatoms. The number of rotatable bonds is 10. The highest BCUT2D eigenvalue weighted by Crippen LogP contribution is 2.66. The van der Waals surface area contributed by atoms with Crippen molar-refractivity contribution in [3.8, 4) is 66.8 Å². The predicted molar refractivity (Wildman–Crippen MR) is 306 cm³/mol. The van der Waals surface area contributed by atoms with Crippen molar-refractivity contribution in [3.05, 3.63) is 278 Å². The average Bonchev–Trinajstić information content (AvgIpc) is 3.44. The molecule has 0 spiro atoms. The maximum atomic E-state index is 2.47. The fourth-order valence-corrected chi connectivity index (χ4v) is 11.4. The van der Waals surface area contributed by atoms with E-state index in [1.165, 1.54) is 99.4 Å². The first kappa shape index (κ1) is 42.8. The normalized spacial score (nSPS) is 11.5. The number of nitrogens with zero attached hydrogens (tertiary/aromatic N) is 2. The molecule has 0 bridgehead atoms. The molecule has 0 saturated heterocycles. The van der Waals surface area contributed by atoms with E-state index in [0.29, 0.717) is 0 Å². The van der Waals surface area contributed by atoms with Crippen molar-refractivity contribution in [2.75, 3.05) is 9.80 Å². The van der Waals surface area contributed by atoms with Crippen LogP contribution in [-0.2, 0) is 0 Å². The molecular weight excluding hydrogens is 869 g/mol. The van der Waals surface area contributed by atoms with E-state index >= 15 is 0 Å². The lowest BCUT2D eigenvalue weighted by Crippen LogP contribution is -2.13. The minimum atomic E-state index is 1.10. The van der Waals surface area contributed by atoms with Gasteiger partial charge in [0.05, 0.1) is 0 Å². The third-order valence-electron chi connectivity index (χ3n) is 14.6. The topological polar surface area (TPSA) is 6.48 Å². The molecule has 0 fully saturated rings. The van der Waals surface area contributed by atoms with Crippen LogP contribution in [0.4, 0.5) is 34.1 Å². The van der Waals surface area contributed by atoms with E-state index in [1.807, 2.05) is 0 Å². The molecule has 1 aliphatic rings. The van der Waals surface area contributed by atoms with E-state index < -0.39 is 0 Å². The first-order chi connectivity index (χ1) is 35.6. The Kier molecular flexibility index (Phi) is 10.7. The summed E-state index contributed by atoms with van der Waals surface area (Å²) in [6.45, 7) is 4.43. The first-order valence-corrected chi connectivity index (χ1v) is 24.9. The predicted octanol–water partition coefficient (Wildman–Crippen LogP) is 19.9. The van der Waals surface area contributed by atoms with Crippen LogP contribution in [0.25, 0.3) is 88.3 Å². The van der Waals surface area contributed by atoms with Crippen molar-refractivity contribution in [2.45, 2.75) is 13.8 Å². The molecule has 0 atom stereocenters. The molecule has 0 unspecified atom stereocenters. The highest BCUT2D eigenvalue weighted by molar-refractivity contribution is 6.33. The third-order valence-corrected chi connectivity index (χ3v) is 14.6. The van der Waals surface area contributed by atoms with Gasteiger partial charge in [0.1, 0.15) is 0 Å². The Morgan fingerprint density at radius 1 is 0.208 bits per heavy atom. The van der Waals surface area contributed by atoms with Gasteiger partial charge in [0.15, 0.2) is 0 Å². The van der Waals surface area contributed by atoms with Gasteiger partial charge in [-0.25, -0.2) is 0 Å². The monoisotopic (exact) mass is 918 g/mol. The van der Waals surface area contributed by atoms with Crippen LogP contribution in [0.2, 0.25) is 0 Å². The van der Waals surface area contributed by atoms with Gasteiger partial charge in [-0.05, 0) is 174 Å². The molecule has 0 N–H and O–H groups in total. The lowest BCUT2D eigenvalue weighted by molar-refractivity contribution is 1.23. The highest BCUT2D eigenvalue weighted by Gasteiger charge is 2.39. The maximum absolute atomic E-state index is 2.47. The molecule has 2 nitrogen and oxygen atoms in total. The second-order valence-corrected chi connectivity index (χ2v) is 18.8. The summed E-state index contributed by atoms with van der Waals surface area (Å²) in [6.07, 6.45) is 0. The van der Waals surface area contributed by atoms with Crippen LogP contribution in [-0.4, -0.2) is 0 Å². The number of hydrogen-bond donors (Lipinski definition) is 0. The Bertz CT molecular complexity index is 3880. The fraction of sp³-hybridized carbons (Fsp3) is 0.0286. The molecule has 0 radical (unpaired) electrons. The third kappa shape index (κ3) is 7.10. The van der Waals surface area contributed by atoms with Crippen molar-refractivity contribution in [1.82, 2.24) is 0 Å². The number of aryl methyl sites for hydroxylation is 2. The molecule has 12 aromatic rings. The molecule has 0 saturated carbocycles. The molecule has 0 amide bonds. The molecule has 340 valence electrons. The maximum Gasteiger partial charge on any atom is 0.0490 e. The van der Waals surface area contributed by atoms with E-state index in [2.05, 4.69) is 291 Å². The summed E-state index contributed by atoms with van der Waals surface area (Å²) >= 11 is 0. The van der Waals surface area contributed by atoms with Crippen molar-refractivity contribution in [3.63, 3.8) is 0 Å². The largest absolute Gasteiger partial charge is 0.310 e. The Hall–Kier alpha value is -9.24. The van der Waals surface area contributed by atoms with Gasteiger partial charge >= 0.3 is 0 Å². The Morgan fingerprint density at radius 2 is 0.486 bits per heavy atom. The van der Waals surface area contributed by atoms with Gasteiger partial charge in [-0.3, -0.25) is 0 Å². The highest BCUT2D eigenvalue weighted by atomic mass is 15.1. The van der Waals surface area contributed by atoms with Crippen molar-refractivity contribution in [1.29, 1.82) is 0 Å². The number of benzene rings is 12. The molecule has 0 heterocycles. The van der Waals surface area contributed by atoms with Gasteiger partial charge in [0.25, 0.3) is 0 Å². The van der Waals surface area contributed by atoms with Crippen LogP contribution >= 0.6 is 0 Å². The number of hydrogen-bond acceptors (Lipinski definition) is 2. The molecule has 1 aliphatic carbocycles. The summed E-state index contributed by atoms with van der Waals surface area (Å²) in [6, 6.07) is 97.8. The second kappa shape index (κ2) is 17.9. The van der Waals surface area contributed by atoms with Gasteiger partial charge < -0.3 is 9.80 Å². The van der Waals surface area contributed by atoms with Crippen LogP contribution in [0.3, 0.4) is 0 Å². The fourth-order valence-electron chi connectivity index (χ4n) is 11.4. The summed E-state index contributed by atoms with van der Waals surface area (Å²) in [5, 5.41) is 4.86. The van der Waals surface area contributed by atoms with E-state index in [9.17, 15) is 0 Å². The van der Waals surface area contributed by atoms with Crippen LogP contribution < -0.4 is 9.80 Å². The van der Waals surface area contributed by atoms with Gasteiger partial charge in [0.2, 0.25) is 0 Å². The molecule has 12 aromatic carbocycles. The minimum Gasteiger partial charge on any atom is -0.310 e. The van der Waals surface area contributed by atoms with Crippen molar-refractivity contribution >= 4 is 55.7 Å². The Morgan fingerprint density at radius 3 is 0.819 bits per heavy atom. The summed E-state index contributed by atoms with van der Waals surface area (Å²) in [7, 11) is 0. The summed E-state index contributed by atoms with van der Waals surface area (Å²) in [5.41, 5.74) is 24.1. The van der Waals surface area contributed by atoms with Crippen LogP contribution in [0, 0.1) is 13.8 Å². The zero-order valence-electron chi connectivity index (χ0n) is 40.3. The lowest BCUT2D eigenvalue weighted by Gasteiger charge is -2.38. The zero-order chi connectivity index (χ0) is 48.1. The van der Waals surface area contributed by atoms with Gasteiger partial charge in [0, 0.05) is 34.1 Å². The second-order valence-electron chi connectivity index (χ2n) is 18.8. The standard InChI is InChI=1S/C70H50N2/c1-47-25-21-23-39-61(47)72(62-40-24-22-26-48(62)2)56-42-44-58-60(46-56)66(52-33-15-6-16-34-52)70-67-63(49-27-9-3-10-28-49)57-43-41-55(71(53-35-17-7-18-36-53)54-37-19-8-20-38-54)45-59(57)65(51-31-13-5-14-32-51)69(67)68(70)64(58)50-29-11-4-12-30-50/h3-46H,1-2H3. The summed E-state index contributed by atoms with van der Waals surface area (Å²) in [4.78, 5) is 4.84. The van der Waals surface area contributed by atoms with Gasteiger partial charge in [-0.1, -0.05) is 206 Å². The van der Waals surface area contributed by atoms with Crippen LogP contribution in [0.5, 0.6) is 0 Å². The van der Waals surface area contributed by atoms with E-state index in [0.717, 1.165) is 34.1 Å². The minimum absolute atomic E-state index is 1.10. The quantitative estimate of drug-likeness (QED) is 0.135. The van der Waals surface area contributed by atoms with Crippen LogP contribution in [0.1, 0.15) is 11.1 Å². The number of fused-ring (bicyclic) bond motifs is 6. The average molecular weight is 919 g/mol. The van der Waals surface area contributed by atoms with Crippen molar-refractivity contribution in [2.24, 2.45) is 0 Å². The van der Waals surface area contributed by atoms with E-state index in [1.54, 1.807) is 0 Å². The molecule has 0 aromatic heterocycles. The van der Waals surface area contributed by atoms with Gasteiger partial charge in [-0.15, -0.1) is 0 Å². The molecule has 72 heavy (non-hydrogen) atoms. The number of para-hydroxylation sites is 4. The van der Waals surface area contributed by atoms with E-state index in [-0.39, 0.29) is 0 Å². The van der Waals surface area contributed by atoms with Gasteiger partial charge in [-0.2, -0.15) is 0 Å². The molecule has 0 aliphatic heterocycles. The Labute approximate surface area is 422 Å². The molecular formula is C70H50N2. The molecule has 13 rings (SSSR count). The van der Waals surface area contributed by atoms with Crippen LogP contribution in [0.15, 0.2) is 267 Å². The summed E-state index contributed by atoms with van der Waals surface area (Å²) < 4.78 is 0. The Balaban J connectivity index is 1.20. The first-order valence-electron chi connectivity index (χ1n) is 24.9. The lowest BCUT2D eigenvalue weighted by atomic mass is 9.65. The van der Waals surface area contributed by atoms with E-state index in [4.69, 9.17) is 0 Å². The number of anilines is 6. The SMILES string of the molecule is Cc1ccccc1N(c1ccc2c(-c3ccccc3)c3c(c(-c4ccccc4)c2c1)-c1c-3c(-c2ccccc2)c2cc(N(c3ccccc3)c3ccccc3)ccc2c1-c1ccccc1)c1ccccc1C. The zero-order valence-corrected chi connectivity index (χ0v) is 40.3. The summed E-state index contributed by atoms with van der Waals surface area (Å²) in [5.74, 6) is 0. The smallest absolute Gasteiger partial charge is 0.0490 e. The van der Waals surface area contributed by atoms with Crippen molar-refractivity contribution < 1.29 is 0 Å².